The van der Waals surface area contributed by atoms with Crippen molar-refractivity contribution >= 4 is 40.4 Å². The van der Waals surface area contributed by atoms with E-state index < -0.39 is 0 Å². The lowest BCUT2D eigenvalue weighted by Crippen LogP contribution is -2.33. The highest BCUT2D eigenvalue weighted by Crippen LogP contribution is 2.35. The van der Waals surface area contributed by atoms with Gasteiger partial charge in [-0.25, -0.2) is 4.90 Å². The van der Waals surface area contributed by atoms with Crippen molar-refractivity contribution in [1.82, 2.24) is 0 Å². The zero-order valence-electron chi connectivity index (χ0n) is 17.0. The molecule has 0 spiro atoms. The molecule has 2 amide bonds. The summed E-state index contributed by atoms with van der Waals surface area (Å²) in [6.07, 6.45) is 0. The van der Waals surface area contributed by atoms with Gasteiger partial charge in [0.15, 0.2) is 0 Å². The Morgan fingerprint density at radius 2 is 1.43 bits per heavy atom. The third-order valence-corrected chi connectivity index (χ3v) is 5.32. The molecular formula is C25H21ClN2O2. The molecule has 5 heteroatoms. The van der Waals surface area contributed by atoms with Gasteiger partial charge in [0, 0.05) is 10.7 Å². The Balaban J connectivity index is 1.86. The smallest absolute Gasteiger partial charge is 0.282 e. The van der Waals surface area contributed by atoms with Crippen LogP contribution >= 0.6 is 11.6 Å². The minimum absolute atomic E-state index is 0.260. The van der Waals surface area contributed by atoms with Crippen LogP contribution in [0.3, 0.4) is 0 Å². The minimum atomic E-state index is -0.376. The second kappa shape index (κ2) is 7.81. The molecule has 0 radical (unpaired) electrons. The number of carbonyl (C=O) groups excluding carboxylic acids is 2. The van der Waals surface area contributed by atoms with E-state index in [2.05, 4.69) is 11.4 Å². The number of hydrogen-bond donors (Lipinski definition) is 1. The van der Waals surface area contributed by atoms with Crippen LogP contribution in [0.1, 0.15) is 22.3 Å². The summed E-state index contributed by atoms with van der Waals surface area (Å²) in [6.45, 7) is 5.87. The summed E-state index contributed by atoms with van der Waals surface area (Å²) in [7, 11) is 0. The molecule has 0 unspecified atom stereocenters. The Morgan fingerprint density at radius 3 is 2.07 bits per heavy atom. The van der Waals surface area contributed by atoms with Gasteiger partial charge in [-0.3, -0.25) is 9.59 Å². The summed E-state index contributed by atoms with van der Waals surface area (Å²) >= 11 is 6.04. The van der Waals surface area contributed by atoms with Crippen LogP contribution in [0.5, 0.6) is 0 Å². The average Bonchev–Trinajstić information content (AvgIpc) is 2.92. The first-order chi connectivity index (χ1) is 14.3. The molecule has 0 fully saturated rings. The van der Waals surface area contributed by atoms with Crippen molar-refractivity contribution in [2.75, 3.05) is 10.2 Å². The van der Waals surface area contributed by atoms with Crippen molar-refractivity contribution in [1.29, 1.82) is 0 Å². The van der Waals surface area contributed by atoms with Crippen LogP contribution in [0.25, 0.3) is 5.57 Å². The summed E-state index contributed by atoms with van der Waals surface area (Å²) in [5.74, 6) is -0.734. The number of anilines is 2. The maximum Gasteiger partial charge on any atom is 0.282 e. The van der Waals surface area contributed by atoms with Crippen molar-refractivity contribution in [2.45, 2.75) is 20.8 Å². The molecule has 4 rings (SSSR count). The SMILES string of the molecule is Cc1cc(C)cc(NC2=C(c3ccc(Cl)cc3)C(=O)N(c3ccccc3C)C2=O)c1. The number of benzene rings is 3. The predicted octanol–water partition coefficient (Wildman–Crippen LogP) is 5.66. The Labute approximate surface area is 180 Å². The summed E-state index contributed by atoms with van der Waals surface area (Å²) in [4.78, 5) is 28.2. The van der Waals surface area contributed by atoms with Crippen LogP contribution in [0.2, 0.25) is 5.02 Å². The van der Waals surface area contributed by atoms with Gasteiger partial charge in [0.2, 0.25) is 0 Å². The minimum Gasteiger partial charge on any atom is -0.350 e. The lowest BCUT2D eigenvalue weighted by Gasteiger charge is -2.17. The predicted molar refractivity (Wildman–Crippen MR) is 122 cm³/mol. The van der Waals surface area contributed by atoms with E-state index in [0.717, 1.165) is 22.4 Å². The standard InChI is InChI=1S/C25H21ClN2O2/c1-15-12-16(2)14-20(13-15)27-23-22(18-8-10-19(26)11-9-18)24(29)28(25(23)30)21-7-5-4-6-17(21)3/h4-14,27H,1-3H3. The first kappa shape index (κ1) is 19.9. The Kier molecular flexibility index (Phi) is 5.18. The van der Waals surface area contributed by atoms with E-state index in [1.165, 1.54) is 4.90 Å². The average molecular weight is 417 g/mol. The highest BCUT2D eigenvalue weighted by molar-refractivity contribution is 6.46. The zero-order chi connectivity index (χ0) is 21.4. The van der Waals surface area contributed by atoms with Gasteiger partial charge in [-0.1, -0.05) is 48.0 Å². The largest absolute Gasteiger partial charge is 0.350 e. The number of imide groups is 1. The van der Waals surface area contributed by atoms with Gasteiger partial charge >= 0.3 is 0 Å². The molecule has 3 aromatic rings. The number of halogens is 1. The van der Waals surface area contributed by atoms with E-state index in [9.17, 15) is 9.59 Å². The van der Waals surface area contributed by atoms with E-state index >= 15 is 0 Å². The fourth-order valence-electron chi connectivity index (χ4n) is 3.75. The second-order valence-corrected chi connectivity index (χ2v) is 7.93. The molecule has 1 aliphatic rings. The lowest BCUT2D eigenvalue weighted by molar-refractivity contribution is -0.120. The number of nitrogens with zero attached hydrogens (tertiary/aromatic N) is 1. The first-order valence-corrected chi connectivity index (χ1v) is 10.0. The van der Waals surface area contributed by atoms with Crippen LogP contribution in [0.4, 0.5) is 11.4 Å². The fraction of sp³-hybridized carbons (Fsp3) is 0.120. The van der Waals surface area contributed by atoms with Gasteiger partial charge in [-0.15, -0.1) is 0 Å². The van der Waals surface area contributed by atoms with Gasteiger partial charge < -0.3 is 5.32 Å². The van der Waals surface area contributed by atoms with Gasteiger partial charge in [-0.05, 0) is 73.4 Å². The summed E-state index contributed by atoms with van der Waals surface area (Å²) in [6, 6.07) is 20.3. The molecule has 0 bridgehead atoms. The Morgan fingerprint density at radius 1 is 0.800 bits per heavy atom. The molecule has 1 heterocycles. The molecule has 0 aromatic heterocycles. The van der Waals surface area contributed by atoms with Crippen molar-refractivity contribution in [3.8, 4) is 0 Å². The molecule has 30 heavy (non-hydrogen) atoms. The topological polar surface area (TPSA) is 49.4 Å². The van der Waals surface area contributed by atoms with Crippen LogP contribution in [-0.2, 0) is 9.59 Å². The molecule has 150 valence electrons. The molecule has 3 aromatic carbocycles. The van der Waals surface area contributed by atoms with E-state index in [1.807, 2.05) is 51.1 Å². The third-order valence-electron chi connectivity index (χ3n) is 5.06. The maximum absolute atomic E-state index is 13.5. The normalized spacial score (nSPS) is 13.9. The maximum atomic E-state index is 13.5. The number of amides is 2. The fourth-order valence-corrected chi connectivity index (χ4v) is 3.88. The van der Waals surface area contributed by atoms with Crippen LogP contribution in [0, 0.1) is 20.8 Å². The Bertz CT molecular complexity index is 1180. The molecule has 0 saturated carbocycles. The molecular weight excluding hydrogens is 396 g/mol. The molecule has 0 saturated heterocycles. The van der Waals surface area contributed by atoms with Crippen LogP contribution in [-0.4, -0.2) is 11.8 Å². The Hall–Kier alpha value is -3.37. The van der Waals surface area contributed by atoms with Crippen molar-refractivity contribution in [3.05, 3.63) is 99.7 Å². The lowest BCUT2D eigenvalue weighted by atomic mass is 10.0. The van der Waals surface area contributed by atoms with Crippen molar-refractivity contribution in [3.63, 3.8) is 0 Å². The first-order valence-electron chi connectivity index (χ1n) is 9.65. The van der Waals surface area contributed by atoms with Gasteiger partial charge in [0.25, 0.3) is 11.8 Å². The number of aryl methyl sites for hydroxylation is 3. The molecule has 0 atom stereocenters. The van der Waals surface area contributed by atoms with Crippen molar-refractivity contribution < 1.29 is 9.59 Å². The number of nitrogens with one attached hydrogen (secondary N) is 1. The molecule has 4 nitrogen and oxygen atoms in total. The molecule has 1 aliphatic heterocycles. The number of para-hydroxylation sites is 1. The highest BCUT2D eigenvalue weighted by Gasteiger charge is 2.40. The van der Waals surface area contributed by atoms with Gasteiger partial charge in [0.05, 0.1) is 11.3 Å². The molecule has 0 aliphatic carbocycles. The van der Waals surface area contributed by atoms with Gasteiger partial charge in [0.1, 0.15) is 5.70 Å². The number of carbonyl (C=O) groups is 2. The number of rotatable bonds is 4. The molecule has 1 N–H and O–H groups in total. The zero-order valence-corrected chi connectivity index (χ0v) is 17.7. The van der Waals surface area contributed by atoms with E-state index in [-0.39, 0.29) is 17.5 Å². The highest BCUT2D eigenvalue weighted by atomic mass is 35.5. The monoisotopic (exact) mass is 416 g/mol. The van der Waals surface area contributed by atoms with E-state index in [1.54, 1.807) is 30.3 Å². The van der Waals surface area contributed by atoms with Crippen LogP contribution < -0.4 is 10.2 Å². The summed E-state index contributed by atoms with van der Waals surface area (Å²) in [5, 5.41) is 3.79. The van der Waals surface area contributed by atoms with Crippen LogP contribution in [0.15, 0.2) is 72.4 Å². The summed E-state index contributed by atoms with van der Waals surface area (Å²) < 4.78 is 0. The van der Waals surface area contributed by atoms with Crippen molar-refractivity contribution in [2.24, 2.45) is 0 Å². The second-order valence-electron chi connectivity index (χ2n) is 7.49. The quantitative estimate of drug-likeness (QED) is 0.558. The summed E-state index contributed by atoms with van der Waals surface area (Å²) in [5.41, 5.74) is 5.56. The third kappa shape index (κ3) is 3.62. The van der Waals surface area contributed by atoms with E-state index in [4.69, 9.17) is 11.6 Å². The number of hydrogen-bond acceptors (Lipinski definition) is 3. The van der Waals surface area contributed by atoms with E-state index in [0.29, 0.717) is 21.8 Å². The van der Waals surface area contributed by atoms with Gasteiger partial charge in [-0.2, -0.15) is 0 Å².